The standard InChI is InChI=1S/C20H20N2O5S/c1-2-26-20(25)15-12-28-18-17(15)19(24)22(13-21-18)11-16(23)27-10-6-9-14-7-4-3-5-8-14/h3-5,7-8,12-13H,2,6,9-11H2,1H3. The van der Waals surface area contributed by atoms with Gasteiger partial charge in [-0.25, -0.2) is 9.78 Å². The molecule has 7 nitrogen and oxygen atoms in total. The molecule has 0 amide bonds. The third kappa shape index (κ3) is 4.64. The minimum atomic E-state index is -0.575. The van der Waals surface area contributed by atoms with Crippen molar-refractivity contribution >= 4 is 33.5 Å². The third-order valence-electron chi connectivity index (χ3n) is 4.07. The van der Waals surface area contributed by atoms with Gasteiger partial charge in [0.1, 0.15) is 11.4 Å². The fourth-order valence-electron chi connectivity index (χ4n) is 2.73. The number of ether oxygens (including phenoxy) is 2. The van der Waals surface area contributed by atoms with Crippen molar-refractivity contribution in [2.45, 2.75) is 26.3 Å². The summed E-state index contributed by atoms with van der Waals surface area (Å²) >= 11 is 1.18. The Kier molecular flexibility index (Phi) is 6.54. The highest BCUT2D eigenvalue weighted by Gasteiger charge is 2.19. The Labute approximate surface area is 165 Å². The zero-order valence-corrected chi connectivity index (χ0v) is 16.2. The van der Waals surface area contributed by atoms with E-state index in [2.05, 4.69) is 4.98 Å². The van der Waals surface area contributed by atoms with Gasteiger partial charge < -0.3 is 9.47 Å². The SMILES string of the molecule is CCOC(=O)c1csc2ncn(CC(=O)OCCCc3ccccc3)c(=O)c12. The fourth-order valence-corrected chi connectivity index (χ4v) is 3.60. The van der Waals surface area contributed by atoms with Gasteiger partial charge in [-0.2, -0.15) is 0 Å². The normalized spacial score (nSPS) is 10.8. The zero-order valence-electron chi connectivity index (χ0n) is 15.4. The second-order valence-corrected chi connectivity index (χ2v) is 6.90. The molecule has 28 heavy (non-hydrogen) atoms. The molecule has 8 heteroatoms. The molecule has 0 unspecified atom stereocenters. The van der Waals surface area contributed by atoms with Crippen LogP contribution in [0.1, 0.15) is 29.3 Å². The Bertz CT molecular complexity index is 1030. The van der Waals surface area contributed by atoms with Gasteiger partial charge in [0, 0.05) is 5.38 Å². The molecule has 2 aromatic heterocycles. The molecule has 0 saturated carbocycles. The molecule has 0 bridgehead atoms. The summed E-state index contributed by atoms with van der Waals surface area (Å²) in [5, 5.41) is 1.71. The van der Waals surface area contributed by atoms with Crippen molar-refractivity contribution in [1.82, 2.24) is 9.55 Å². The van der Waals surface area contributed by atoms with Gasteiger partial charge in [0.2, 0.25) is 0 Å². The Morgan fingerprint density at radius 1 is 1.18 bits per heavy atom. The van der Waals surface area contributed by atoms with Gasteiger partial charge in [-0.1, -0.05) is 30.3 Å². The van der Waals surface area contributed by atoms with Gasteiger partial charge >= 0.3 is 11.9 Å². The first kappa shape index (κ1) is 19.8. The number of thiophene rings is 1. The molecule has 146 valence electrons. The molecule has 0 aliphatic carbocycles. The van der Waals surface area contributed by atoms with Gasteiger partial charge in [0.05, 0.1) is 30.5 Å². The minimum Gasteiger partial charge on any atom is -0.464 e. The lowest BCUT2D eigenvalue weighted by atomic mass is 10.1. The number of carbonyl (C=O) groups excluding carboxylic acids is 2. The number of nitrogens with zero attached hydrogens (tertiary/aromatic N) is 2. The number of rotatable bonds is 8. The van der Waals surface area contributed by atoms with Crippen molar-refractivity contribution in [3.63, 3.8) is 0 Å². The molecule has 0 saturated heterocycles. The van der Waals surface area contributed by atoms with Gasteiger partial charge in [0.15, 0.2) is 0 Å². The Morgan fingerprint density at radius 2 is 1.96 bits per heavy atom. The highest BCUT2D eigenvalue weighted by atomic mass is 32.1. The van der Waals surface area contributed by atoms with Crippen molar-refractivity contribution in [2.24, 2.45) is 0 Å². The second-order valence-electron chi connectivity index (χ2n) is 6.04. The van der Waals surface area contributed by atoms with E-state index in [0.29, 0.717) is 11.3 Å². The third-order valence-corrected chi connectivity index (χ3v) is 4.96. The number of hydrogen-bond acceptors (Lipinski definition) is 7. The molecule has 0 spiro atoms. The molecule has 3 aromatic rings. The van der Waals surface area contributed by atoms with E-state index in [-0.39, 0.29) is 30.7 Å². The van der Waals surface area contributed by atoms with Gasteiger partial charge in [-0.15, -0.1) is 11.3 Å². The number of benzene rings is 1. The van der Waals surface area contributed by atoms with E-state index in [4.69, 9.17) is 9.47 Å². The number of hydrogen-bond donors (Lipinski definition) is 0. The molecule has 0 aliphatic rings. The first-order valence-electron chi connectivity index (χ1n) is 8.93. The Hall–Kier alpha value is -3.00. The van der Waals surface area contributed by atoms with Gasteiger partial charge in [-0.05, 0) is 25.3 Å². The molecular formula is C20H20N2O5S. The lowest BCUT2D eigenvalue weighted by Crippen LogP contribution is -2.26. The summed E-state index contributed by atoms with van der Waals surface area (Å²) in [6.45, 7) is 1.91. The van der Waals surface area contributed by atoms with E-state index in [9.17, 15) is 14.4 Å². The van der Waals surface area contributed by atoms with Crippen LogP contribution in [0.4, 0.5) is 0 Å². The smallest absolute Gasteiger partial charge is 0.339 e. The van der Waals surface area contributed by atoms with E-state index >= 15 is 0 Å². The Morgan fingerprint density at radius 3 is 2.71 bits per heavy atom. The number of aryl methyl sites for hydroxylation is 1. The monoisotopic (exact) mass is 400 g/mol. The summed E-state index contributed by atoms with van der Waals surface area (Å²) < 4.78 is 11.3. The summed E-state index contributed by atoms with van der Waals surface area (Å²) in [7, 11) is 0. The van der Waals surface area contributed by atoms with Crippen LogP contribution in [0.15, 0.2) is 46.8 Å². The summed E-state index contributed by atoms with van der Waals surface area (Å²) in [4.78, 5) is 41.4. The molecule has 3 rings (SSSR count). The quantitative estimate of drug-likeness (QED) is 0.427. The largest absolute Gasteiger partial charge is 0.464 e. The topological polar surface area (TPSA) is 87.5 Å². The molecule has 0 atom stereocenters. The molecule has 0 N–H and O–H groups in total. The number of aromatic nitrogens is 2. The van der Waals surface area contributed by atoms with Crippen LogP contribution in [-0.2, 0) is 27.2 Å². The molecule has 0 aliphatic heterocycles. The first-order chi connectivity index (χ1) is 13.6. The van der Waals surface area contributed by atoms with Crippen LogP contribution in [0.5, 0.6) is 0 Å². The van der Waals surface area contributed by atoms with E-state index in [1.165, 1.54) is 23.2 Å². The maximum Gasteiger partial charge on any atom is 0.339 e. The van der Waals surface area contributed by atoms with Gasteiger partial charge in [0.25, 0.3) is 5.56 Å². The average molecular weight is 400 g/mol. The van der Waals surface area contributed by atoms with Crippen molar-refractivity contribution in [2.75, 3.05) is 13.2 Å². The predicted molar refractivity (Wildman–Crippen MR) is 106 cm³/mol. The molecule has 0 fully saturated rings. The molecule has 2 heterocycles. The van der Waals surface area contributed by atoms with Crippen LogP contribution in [0, 0.1) is 0 Å². The van der Waals surface area contributed by atoms with Crippen LogP contribution in [-0.4, -0.2) is 34.7 Å². The van der Waals surface area contributed by atoms with Crippen molar-refractivity contribution < 1.29 is 19.1 Å². The number of fused-ring (bicyclic) bond motifs is 1. The maximum atomic E-state index is 12.7. The lowest BCUT2D eigenvalue weighted by molar-refractivity contribution is -0.144. The first-order valence-corrected chi connectivity index (χ1v) is 9.81. The number of esters is 2. The summed E-state index contributed by atoms with van der Waals surface area (Å²) in [6, 6.07) is 9.92. The van der Waals surface area contributed by atoms with E-state index in [1.54, 1.807) is 12.3 Å². The van der Waals surface area contributed by atoms with Crippen molar-refractivity contribution in [1.29, 1.82) is 0 Å². The summed E-state index contributed by atoms with van der Waals surface area (Å²) in [5.74, 6) is -1.10. The fraction of sp³-hybridized carbons (Fsp3) is 0.300. The molecule has 1 aromatic carbocycles. The maximum absolute atomic E-state index is 12.7. The van der Waals surface area contributed by atoms with Crippen LogP contribution in [0.25, 0.3) is 10.2 Å². The van der Waals surface area contributed by atoms with Crippen molar-refractivity contribution in [3.05, 3.63) is 63.5 Å². The van der Waals surface area contributed by atoms with E-state index in [0.717, 1.165) is 11.0 Å². The highest BCUT2D eigenvalue weighted by molar-refractivity contribution is 7.17. The second kappa shape index (κ2) is 9.27. The Balaban J connectivity index is 1.62. The lowest BCUT2D eigenvalue weighted by Gasteiger charge is -2.07. The summed E-state index contributed by atoms with van der Waals surface area (Å²) in [5.41, 5.74) is 0.883. The summed E-state index contributed by atoms with van der Waals surface area (Å²) in [6.07, 6.45) is 2.79. The van der Waals surface area contributed by atoms with Gasteiger partial charge in [-0.3, -0.25) is 14.2 Å². The highest BCUT2D eigenvalue weighted by Crippen LogP contribution is 2.21. The van der Waals surface area contributed by atoms with Crippen LogP contribution in [0.3, 0.4) is 0 Å². The van der Waals surface area contributed by atoms with Crippen molar-refractivity contribution in [3.8, 4) is 0 Å². The van der Waals surface area contributed by atoms with Crippen LogP contribution < -0.4 is 5.56 Å². The van der Waals surface area contributed by atoms with E-state index < -0.39 is 17.5 Å². The van der Waals surface area contributed by atoms with Crippen LogP contribution >= 0.6 is 11.3 Å². The molecule has 0 radical (unpaired) electrons. The zero-order chi connectivity index (χ0) is 19.9. The number of carbonyl (C=O) groups is 2. The average Bonchev–Trinajstić information content (AvgIpc) is 3.13. The van der Waals surface area contributed by atoms with E-state index in [1.807, 2.05) is 30.3 Å². The molecular weight excluding hydrogens is 380 g/mol. The van der Waals surface area contributed by atoms with Crippen LogP contribution in [0.2, 0.25) is 0 Å². The minimum absolute atomic E-state index is 0.169. The predicted octanol–water partition coefficient (Wildman–Crippen LogP) is 2.81.